The molecule has 2 amide bonds. The van der Waals surface area contributed by atoms with Crippen LogP contribution in [-0.2, 0) is 11.3 Å². The number of nitrogens with one attached hydrogen (secondary N) is 1. The molecule has 3 rings (SSSR count). The Kier molecular flexibility index (Phi) is 7.80. The highest BCUT2D eigenvalue weighted by molar-refractivity contribution is 7.14. The van der Waals surface area contributed by atoms with Gasteiger partial charge in [-0.1, -0.05) is 37.3 Å². The maximum atomic E-state index is 12.7. The van der Waals surface area contributed by atoms with Gasteiger partial charge in [-0.2, -0.15) is 0 Å². The average Bonchev–Trinajstić information content (AvgIpc) is 3.17. The van der Waals surface area contributed by atoms with Gasteiger partial charge in [0.25, 0.3) is 5.91 Å². The van der Waals surface area contributed by atoms with Gasteiger partial charge in [-0.15, -0.1) is 11.3 Å². The molecule has 2 aromatic rings. The fourth-order valence-electron chi connectivity index (χ4n) is 3.94. The first-order chi connectivity index (χ1) is 14.1. The molecule has 0 saturated carbocycles. The van der Waals surface area contributed by atoms with E-state index in [4.69, 9.17) is 5.73 Å². The number of carbonyl (C=O) groups is 2. The van der Waals surface area contributed by atoms with Crippen LogP contribution >= 0.6 is 11.3 Å². The van der Waals surface area contributed by atoms with Crippen molar-refractivity contribution in [1.82, 2.24) is 9.80 Å². The molecule has 1 fully saturated rings. The molecule has 1 aromatic carbocycles. The second kappa shape index (κ2) is 10.5. The molecule has 6 nitrogen and oxygen atoms in total. The Bertz CT molecular complexity index is 808. The third-order valence-electron chi connectivity index (χ3n) is 5.29. The van der Waals surface area contributed by atoms with Crippen molar-refractivity contribution in [2.24, 2.45) is 5.73 Å². The van der Waals surface area contributed by atoms with Crippen molar-refractivity contribution >= 4 is 28.2 Å². The van der Waals surface area contributed by atoms with E-state index in [1.807, 2.05) is 6.07 Å². The Morgan fingerprint density at radius 1 is 1.28 bits per heavy atom. The topological polar surface area (TPSA) is 78.7 Å². The van der Waals surface area contributed by atoms with Crippen LogP contribution in [0.1, 0.15) is 42.1 Å². The van der Waals surface area contributed by atoms with Crippen LogP contribution in [0.2, 0.25) is 0 Å². The van der Waals surface area contributed by atoms with Crippen molar-refractivity contribution in [2.45, 2.75) is 38.8 Å². The minimum atomic E-state index is -0.518. The number of anilines is 1. The summed E-state index contributed by atoms with van der Waals surface area (Å²) in [6.07, 6.45) is 3.23. The summed E-state index contributed by atoms with van der Waals surface area (Å²) in [5.74, 6) is -0.612. The zero-order chi connectivity index (χ0) is 20.6. The molecule has 2 heterocycles. The molecule has 0 radical (unpaired) electrons. The van der Waals surface area contributed by atoms with Gasteiger partial charge in [0.2, 0.25) is 5.91 Å². The Balaban J connectivity index is 1.60. The fourth-order valence-corrected chi connectivity index (χ4v) is 4.75. The number of thiophene rings is 1. The number of nitrogens with two attached hydrogens (primary N) is 1. The first-order valence-electron chi connectivity index (χ1n) is 10.2. The van der Waals surface area contributed by atoms with Crippen molar-refractivity contribution in [3.8, 4) is 0 Å². The second-order valence-corrected chi connectivity index (χ2v) is 8.48. The first-order valence-corrected chi connectivity index (χ1v) is 11.1. The van der Waals surface area contributed by atoms with Crippen molar-refractivity contribution in [3.05, 3.63) is 52.9 Å². The molecule has 3 N–H and O–H groups in total. The molecule has 0 aliphatic carbocycles. The van der Waals surface area contributed by atoms with Crippen molar-refractivity contribution in [2.75, 3.05) is 31.5 Å². The highest BCUT2D eigenvalue weighted by atomic mass is 32.1. The van der Waals surface area contributed by atoms with E-state index >= 15 is 0 Å². The molecule has 0 bridgehead atoms. The van der Waals surface area contributed by atoms with Gasteiger partial charge in [-0.25, -0.2) is 0 Å². The lowest BCUT2D eigenvalue weighted by atomic mass is 10.0. The minimum Gasteiger partial charge on any atom is -0.366 e. The number of likely N-dealkylation sites (tertiary alicyclic amines) is 1. The SMILES string of the molecule is CCCN(CC(=O)Nc1sccc1C(N)=O)C1CCCN(Cc2ccccc2)C1. The highest BCUT2D eigenvalue weighted by Crippen LogP contribution is 2.23. The first kappa shape index (κ1) is 21.5. The molecule has 7 heteroatoms. The van der Waals surface area contributed by atoms with E-state index in [-0.39, 0.29) is 5.91 Å². The third kappa shape index (κ3) is 6.13. The van der Waals surface area contributed by atoms with Gasteiger partial charge >= 0.3 is 0 Å². The van der Waals surface area contributed by atoms with Gasteiger partial charge in [0.1, 0.15) is 5.00 Å². The second-order valence-electron chi connectivity index (χ2n) is 7.56. The molecular formula is C22H30N4O2S. The monoisotopic (exact) mass is 414 g/mol. The number of hydrogen-bond acceptors (Lipinski definition) is 5. The van der Waals surface area contributed by atoms with Gasteiger partial charge in [0.05, 0.1) is 12.1 Å². The van der Waals surface area contributed by atoms with Gasteiger partial charge in [0, 0.05) is 19.1 Å². The molecular weight excluding hydrogens is 384 g/mol. The third-order valence-corrected chi connectivity index (χ3v) is 6.12. The normalized spacial score (nSPS) is 17.4. The predicted octanol–water partition coefficient (Wildman–Crippen LogP) is 3.16. The van der Waals surface area contributed by atoms with Crippen molar-refractivity contribution in [1.29, 1.82) is 0 Å². The van der Waals surface area contributed by atoms with E-state index in [2.05, 4.69) is 46.3 Å². The van der Waals surface area contributed by atoms with Crippen LogP contribution in [0.25, 0.3) is 0 Å². The Hall–Kier alpha value is -2.22. The van der Waals surface area contributed by atoms with Gasteiger partial charge < -0.3 is 11.1 Å². The summed E-state index contributed by atoms with van der Waals surface area (Å²) in [6.45, 7) is 6.35. The van der Waals surface area contributed by atoms with Crippen LogP contribution in [0, 0.1) is 0 Å². The summed E-state index contributed by atoms with van der Waals surface area (Å²) in [4.78, 5) is 28.9. The molecule has 156 valence electrons. The maximum absolute atomic E-state index is 12.7. The van der Waals surface area contributed by atoms with Crippen LogP contribution in [0.4, 0.5) is 5.00 Å². The zero-order valence-electron chi connectivity index (χ0n) is 17.0. The smallest absolute Gasteiger partial charge is 0.251 e. The standard InChI is InChI=1S/C22H30N4O2S/c1-2-11-26(16-20(27)24-22-19(21(23)28)10-13-29-22)18-9-6-12-25(15-18)14-17-7-4-3-5-8-17/h3-5,7-8,10,13,18H,2,6,9,11-12,14-16H2,1H3,(H2,23,28)(H,24,27). The summed E-state index contributed by atoms with van der Waals surface area (Å²) in [5, 5.41) is 5.18. The highest BCUT2D eigenvalue weighted by Gasteiger charge is 2.26. The van der Waals surface area contributed by atoms with Crippen LogP contribution in [0.5, 0.6) is 0 Å². The quantitative estimate of drug-likeness (QED) is 0.661. The van der Waals surface area contributed by atoms with E-state index in [1.165, 1.54) is 16.9 Å². The molecule has 29 heavy (non-hydrogen) atoms. The van der Waals surface area contributed by atoms with E-state index in [0.717, 1.165) is 45.4 Å². The van der Waals surface area contributed by atoms with Crippen LogP contribution in [0.3, 0.4) is 0 Å². The number of primary amides is 1. The maximum Gasteiger partial charge on any atom is 0.251 e. The predicted molar refractivity (Wildman–Crippen MR) is 118 cm³/mol. The number of carbonyl (C=O) groups excluding carboxylic acids is 2. The zero-order valence-corrected chi connectivity index (χ0v) is 17.8. The largest absolute Gasteiger partial charge is 0.366 e. The van der Waals surface area contributed by atoms with Gasteiger partial charge in [-0.05, 0) is 49.4 Å². The average molecular weight is 415 g/mol. The lowest BCUT2D eigenvalue weighted by molar-refractivity contribution is -0.118. The number of hydrogen-bond donors (Lipinski definition) is 2. The number of benzene rings is 1. The van der Waals surface area contributed by atoms with E-state index < -0.39 is 5.91 Å². The minimum absolute atomic E-state index is 0.0939. The summed E-state index contributed by atoms with van der Waals surface area (Å²) in [7, 11) is 0. The summed E-state index contributed by atoms with van der Waals surface area (Å²) in [6, 6.07) is 12.5. The van der Waals surface area contributed by atoms with E-state index in [0.29, 0.717) is 23.2 Å². The van der Waals surface area contributed by atoms with E-state index in [9.17, 15) is 9.59 Å². The summed E-state index contributed by atoms with van der Waals surface area (Å²) < 4.78 is 0. The van der Waals surface area contributed by atoms with Crippen LogP contribution in [0.15, 0.2) is 41.8 Å². The molecule has 0 spiro atoms. The molecule has 1 saturated heterocycles. The lowest BCUT2D eigenvalue weighted by Crippen LogP contribution is -2.50. The number of rotatable bonds is 9. The van der Waals surface area contributed by atoms with Crippen LogP contribution in [-0.4, -0.2) is 53.8 Å². The number of piperidine rings is 1. The fraction of sp³-hybridized carbons (Fsp3) is 0.455. The van der Waals surface area contributed by atoms with Crippen molar-refractivity contribution in [3.63, 3.8) is 0 Å². The Morgan fingerprint density at radius 3 is 2.79 bits per heavy atom. The lowest BCUT2D eigenvalue weighted by Gasteiger charge is -2.39. The summed E-state index contributed by atoms with van der Waals surface area (Å²) >= 11 is 1.32. The van der Waals surface area contributed by atoms with E-state index in [1.54, 1.807) is 11.4 Å². The van der Waals surface area contributed by atoms with Crippen molar-refractivity contribution < 1.29 is 9.59 Å². The van der Waals surface area contributed by atoms with Crippen LogP contribution < -0.4 is 11.1 Å². The summed E-state index contributed by atoms with van der Waals surface area (Å²) in [5.41, 5.74) is 7.08. The molecule has 1 aliphatic heterocycles. The van der Waals surface area contributed by atoms with Gasteiger partial charge in [-0.3, -0.25) is 19.4 Å². The molecule has 1 aromatic heterocycles. The Morgan fingerprint density at radius 2 is 2.07 bits per heavy atom. The van der Waals surface area contributed by atoms with Gasteiger partial charge in [0.15, 0.2) is 0 Å². The molecule has 1 unspecified atom stereocenters. The Labute approximate surface area is 176 Å². The molecule has 1 atom stereocenters. The number of nitrogens with zero attached hydrogens (tertiary/aromatic N) is 2. The molecule has 1 aliphatic rings. The number of amides is 2.